The molecule has 2 aromatic heterocycles. The standard InChI is InChI=1S/C25H29N5O4S/c1-14(2)12-19(29-23(33)17-7-5-10-26-17)24(34)28-18(13-15-9-11-27-22(15)32)21(31)25-30-16-6-3-4-8-20(16)35-25/h3-8,10,14-15,18-19,26H,9,11-13H2,1-2H3,(H,27,32)(H,28,34)(H,29,33)/t15-,18-,19-/m0/s1. The van der Waals surface area contributed by atoms with Gasteiger partial charge in [0.1, 0.15) is 11.7 Å². The Morgan fingerprint density at radius 2 is 1.91 bits per heavy atom. The molecular weight excluding hydrogens is 466 g/mol. The first-order chi connectivity index (χ1) is 16.8. The van der Waals surface area contributed by atoms with Crippen LogP contribution in [0.15, 0.2) is 42.6 Å². The van der Waals surface area contributed by atoms with Crippen LogP contribution in [-0.2, 0) is 9.59 Å². The second kappa shape index (κ2) is 10.8. The number of nitrogens with one attached hydrogen (secondary N) is 4. The van der Waals surface area contributed by atoms with Gasteiger partial charge in [0.2, 0.25) is 17.6 Å². The van der Waals surface area contributed by atoms with E-state index in [1.54, 1.807) is 18.3 Å². The zero-order chi connectivity index (χ0) is 24.9. The van der Waals surface area contributed by atoms with E-state index in [-0.39, 0.29) is 35.0 Å². The van der Waals surface area contributed by atoms with E-state index >= 15 is 0 Å². The monoisotopic (exact) mass is 495 g/mol. The zero-order valence-corrected chi connectivity index (χ0v) is 20.5. The predicted octanol–water partition coefficient (Wildman–Crippen LogP) is 2.66. The van der Waals surface area contributed by atoms with Gasteiger partial charge in [0.05, 0.1) is 16.3 Å². The number of carbonyl (C=O) groups excluding carboxylic acids is 4. The minimum atomic E-state index is -0.936. The van der Waals surface area contributed by atoms with Gasteiger partial charge in [-0.25, -0.2) is 4.98 Å². The molecule has 1 aromatic carbocycles. The number of aromatic nitrogens is 2. The number of hydrogen-bond donors (Lipinski definition) is 4. The van der Waals surface area contributed by atoms with Crippen molar-refractivity contribution in [2.75, 3.05) is 6.54 Å². The number of H-pyrrole nitrogens is 1. The molecular formula is C25H29N5O4S. The number of para-hydroxylation sites is 1. The summed E-state index contributed by atoms with van der Waals surface area (Å²) in [6.45, 7) is 4.45. The quantitative estimate of drug-likeness (QED) is 0.321. The minimum absolute atomic E-state index is 0.119. The van der Waals surface area contributed by atoms with Crippen molar-refractivity contribution < 1.29 is 19.2 Å². The maximum absolute atomic E-state index is 13.5. The number of fused-ring (bicyclic) bond motifs is 1. The molecule has 1 saturated heterocycles. The number of carbonyl (C=O) groups is 4. The number of amides is 3. The lowest BCUT2D eigenvalue weighted by Gasteiger charge is -2.24. The van der Waals surface area contributed by atoms with Gasteiger partial charge in [0.25, 0.3) is 5.91 Å². The van der Waals surface area contributed by atoms with E-state index in [1.165, 1.54) is 11.3 Å². The lowest BCUT2D eigenvalue weighted by Crippen LogP contribution is -2.52. The largest absolute Gasteiger partial charge is 0.357 e. The molecule has 3 heterocycles. The van der Waals surface area contributed by atoms with Crippen LogP contribution in [-0.4, -0.2) is 52.1 Å². The molecule has 0 aliphatic carbocycles. The number of nitrogens with zero attached hydrogens (tertiary/aromatic N) is 1. The van der Waals surface area contributed by atoms with Crippen LogP contribution in [0.25, 0.3) is 10.2 Å². The van der Waals surface area contributed by atoms with Gasteiger partial charge >= 0.3 is 0 Å². The highest BCUT2D eigenvalue weighted by Gasteiger charge is 2.34. The second-order valence-electron chi connectivity index (χ2n) is 9.16. The summed E-state index contributed by atoms with van der Waals surface area (Å²) in [6, 6.07) is 8.99. The first-order valence-corrected chi connectivity index (χ1v) is 12.6. The minimum Gasteiger partial charge on any atom is -0.357 e. The van der Waals surface area contributed by atoms with Crippen molar-refractivity contribution in [3.8, 4) is 0 Å². The molecule has 1 fully saturated rings. The van der Waals surface area contributed by atoms with Gasteiger partial charge in [-0.15, -0.1) is 11.3 Å². The maximum Gasteiger partial charge on any atom is 0.268 e. The molecule has 4 rings (SSSR count). The van der Waals surface area contributed by atoms with E-state index in [2.05, 4.69) is 25.9 Å². The number of ketones is 1. The summed E-state index contributed by atoms with van der Waals surface area (Å²) < 4.78 is 0.871. The Hall–Kier alpha value is -3.53. The highest BCUT2D eigenvalue weighted by molar-refractivity contribution is 7.20. The van der Waals surface area contributed by atoms with Crippen molar-refractivity contribution in [3.63, 3.8) is 0 Å². The Morgan fingerprint density at radius 1 is 1.11 bits per heavy atom. The van der Waals surface area contributed by atoms with Crippen LogP contribution in [0.3, 0.4) is 0 Å². The summed E-state index contributed by atoms with van der Waals surface area (Å²) in [6.07, 6.45) is 2.79. The Kier molecular flexibility index (Phi) is 7.60. The lowest BCUT2D eigenvalue weighted by molar-refractivity contribution is -0.125. The Labute approximate surface area is 207 Å². The summed E-state index contributed by atoms with van der Waals surface area (Å²) in [5, 5.41) is 8.67. The van der Waals surface area contributed by atoms with E-state index in [0.29, 0.717) is 30.6 Å². The third kappa shape index (κ3) is 5.94. The van der Waals surface area contributed by atoms with Crippen molar-refractivity contribution in [1.82, 2.24) is 25.9 Å². The van der Waals surface area contributed by atoms with Crippen LogP contribution in [0.4, 0.5) is 0 Å². The van der Waals surface area contributed by atoms with E-state index in [1.807, 2.05) is 38.1 Å². The van der Waals surface area contributed by atoms with Gasteiger partial charge in [-0.1, -0.05) is 26.0 Å². The summed E-state index contributed by atoms with van der Waals surface area (Å²) in [7, 11) is 0. The summed E-state index contributed by atoms with van der Waals surface area (Å²) >= 11 is 1.26. The molecule has 0 unspecified atom stereocenters. The molecule has 0 saturated carbocycles. The third-order valence-corrected chi connectivity index (χ3v) is 7.04. The molecule has 10 heteroatoms. The van der Waals surface area contributed by atoms with Crippen LogP contribution in [0.2, 0.25) is 0 Å². The molecule has 3 atom stereocenters. The molecule has 0 radical (unpaired) electrons. The molecule has 0 spiro atoms. The molecule has 4 N–H and O–H groups in total. The summed E-state index contributed by atoms with van der Waals surface area (Å²) in [5.41, 5.74) is 1.05. The zero-order valence-electron chi connectivity index (χ0n) is 19.7. The van der Waals surface area contributed by atoms with Gasteiger partial charge < -0.3 is 20.9 Å². The first kappa shape index (κ1) is 24.6. The van der Waals surface area contributed by atoms with E-state index < -0.39 is 23.9 Å². The van der Waals surface area contributed by atoms with Crippen molar-refractivity contribution in [2.45, 2.75) is 45.2 Å². The highest BCUT2D eigenvalue weighted by atomic mass is 32.1. The van der Waals surface area contributed by atoms with Crippen LogP contribution in [0, 0.1) is 11.8 Å². The Morgan fingerprint density at radius 3 is 2.57 bits per heavy atom. The SMILES string of the molecule is CC(C)C[C@H](NC(=O)c1ccc[nH]1)C(=O)N[C@@H](C[C@@H]1CCNC1=O)C(=O)c1nc2ccccc2s1. The fourth-order valence-corrected chi connectivity index (χ4v) is 5.16. The number of benzene rings is 1. The summed E-state index contributed by atoms with van der Waals surface area (Å²) in [4.78, 5) is 59.0. The van der Waals surface area contributed by atoms with Crippen molar-refractivity contribution in [3.05, 3.63) is 53.3 Å². The van der Waals surface area contributed by atoms with Crippen LogP contribution in [0.1, 0.15) is 53.4 Å². The van der Waals surface area contributed by atoms with Crippen molar-refractivity contribution in [1.29, 1.82) is 0 Å². The molecule has 1 aliphatic heterocycles. The Bertz CT molecular complexity index is 1190. The molecule has 35 heavy (non-hydrogen) atoms. The predicted molar refractivity (Wildman–Crippen MR) is 133 cm³/mol. The maximum atomic E-state index is 13.5. The van der Waals surface area contributed by atoms with Crippen LogP contribution >= 0.6 is 11.3 Å². The Balaban J connectivity index is 1.56. The van der Waals surface area contributed by atoms with Gasteiger partial charge in [0.15, 0.2) is 5.01 Å². The average Bonchev–Trinajstić information content (AvgIpc) is 3.58. The summed E-state index contributed by atoms with van der Waals surface area (Å²) in [5.74, 6) is -1.58. The number of rotatable bonds is 10. The molecule has 1 aliphatic rings. The smallest absolute Gasteiger partial charge is 0.268 e. The molecule has 184 valence electrons. The van der Waals surface area contributed by atoms with E-state index in [0.717, 1.165) is 4.70 Å². The average molecular weight is 496 g/mol. The molecule has 3 aromatic rings. The van der Waals surface area contributed by atoms with E-state index in [9.17, 15) is 19.2 Å². The second-order valence-corrected chi connectivity index (χ2v) is 10.2. The van der Waals surface area contributed by atoms with E-state index in [4.69, 9.17) is 0 Å². The number of Topliss-reactive ketones (excluding diaryl/α,β-unsaturated/α-hetero) is 1. The fraction of sp³-hybridized carbons (Fsp3) is 0.400. The van der Waals surface area contributed by atoms with Crippen LogP contribution < -0.4 is 16.0 Å². The first-order valence-electron chi connectivity index (χ1n) is 11.7. The number of aromatic amines is 1. The number of hydrogen-bond acceptors (Lipinski definition) is 6. The third-order valence-electron chi connectivity index (χ3n) is 5.99. The van der Waals surface area contributed by atoms with Gasteiger partial charge in [-0.05, 0) is 49.4 Å². The lowest BCUT2D eigenvalue weighted by atomic mass is 9.95. The van der Waals surface area contributed by atoms with Crippen LogP contribution in [0.5, 0.6) is 0 Å². The number of thiazole rings is 1. The van der Waals surface area contributed by atoms with Gasteiger partial charge in [0, 0.05) is 18.7 Å². The van der Waals surface area contributed by atoms with Crippen molar-refractivity contribution in [2.24, 2.45) is 11.8 Å². The topological polar surface area (TPSA) is 133 Å². The fourth-order valence-electron chi connectivity index (χ4n) is 4.20. The normalized spacial score (nSPS) is 17.2. The van der Waals surface area contributed by atoms with Gasteiger partial charge in [-0.2, -0.15) is 0 Å². The molecule has 9 nitrogen and oxygen atoms in total. The molecule has 3 amide bonds. The van der Waals surface area contributed by atoms with Gasteiger partial charge in [-0.3, -0.25) is 19.2 Å². The molecule has 0 bridgehead atoms. The highest BCUT2D eigenvalue weighted by Crippen LogP contribution is 2.25. The van der Waals surface area contributed by atoms with Crippen molar-refractivity contribution >= 4 is 45.1 Å².